The van der Waals surface area contributed by atoms with Crippen LogP contribution in [0.25, 0.3) is 0 Å². The van der Waals surface area contributed by atoms with Crippen LogP contribution in [0.1, 0.15) is 38.3 Å². The Morgan fingerprint density at radius 2 is 1.83 bits per heavy atom. The van der Waals surface area contributed by atoms with E-state index in [0.717, 1.165) is 11.1 Å². The SMILES string of the molecule is COC(=O)[C@@H]1Cc2ccccc2CN1C(=O)[C@H](CC(N)=O)NC(=O)OC(C)(C)C. The number of nitrogens with two attached hydrogens (primary N) is 1. The number of alkyl carbamates (subject to hydrolysis) is 1. The van der Waals surface area contributed by atoms with Crippen LogP contribution < -0.4 is 11.1 Å². The first-order valence-electron chi connectivity index (χ1n) is 9.24. The number of primary amides is 1. The Hall–Kier alpha value is -3.10. The number of hydrogen-bond acceptors (Lipinski definition) is 6. The van der Waals surface area contributed by atoms with Crippen molar-refractivity contribution in [1.82, 2.24) is 10.2 Å². The summed E-state index contributed by atoms with van der Waals surface area (Å²) in [6.07, 6.45) is -1.02. The first-order valence-corrected chi connectivity index (χ1v) is 9.24. The van der Waals surface area contributed by atoms with Crippen molar-refractivity contribution < 1.29 is 28.7 Å². The van der Waals surface area contributed by atoms with Crippen molar-refractivity contribution in [2.45, 2.75) is 57.8 Å². The highest BCUT2D eigenvalue weighted by Crippen LogP contribution is 2.25. The van der Waals surface area contributed by atoms with Gasteiger partial charge in [-0.3, -0.25) is 9.59 Å². The molecule has 0 radical (unpaired) electrons. The third kappa shape index (κ3) is 5.94. The first kappa shape index (κ1) is 22.2. The number of nitrogens with one attached hydrogen (secondary N) is 1. The van der Waals surface area contributed by atoms with Crippen molar-refractivity contribution in [2.24, 2.45) is 5.73 Å². The molecule has 0 spiro atoms. The molecule has 0 saturated heterocycles. The zero-order valence-corrected chi connectivity index (χ0v) is 17.1. The summed E-state index contributed by atoms with van der Waals surface area (Å²) in [4.78, 5) is 50.5. The molecule has 0 fully saturated rings. The lowest BCUT2D eigenvalue weighted by molar-refractivity contribution is -0.155. The minimum absolute atomic E-state index is 0.139. The van der Waals surface area contributed by atoms with Crippen LogP contribution in [0.4, 0.5) is 4.79 Å². The van der Waals surface area contributed by atoms with E-state index in [4.69, 9.17) is 15.2 Å². The predicted molar refractivity (Wildman–Crippen MR) is 103 cm³/mol. The monoisotopic (exact) mass is 405 g/mol. The summed E-state index contributed by atoms with van der Waals surface area (Å²) in [5.41, 5.74) is 6.28. The van der Waals surface area contributed by atoms with Crippen molar-refractivity contribution in [3.8, 4) is 0 Å². The summed E-state index contributed by atoms with van der Waals surface area (Å²) < 4.78 is 10.0. The van der Waals surface area contributed by atoms with Gasteiger partial charge in [0, 0.05) is 13.0 Å². The summed E-state index contributed by atoms with van der Waals surface area (Å²) in [6.45, 7) is 5.16. The van der Waals surface area contributed by atoms with E-state index < -0.39 is 48.0 Å². The van der Waals surface area contributed by atoms with Gasteiger partial charge < -0.3 is 25.4 Å². The Morgan fingerprint density at radius 1 is 1.21 bits per heavy atom. The standard InChI is InChI=1S/C20H27N3O6/c1-20(2,3)29-19(27)22-14(10-16(21)24)17(25)23-11-13-8-6-5-7-12(13)9-15(23)18(26)28-4/h5-8,14-15H,9-11H2,1-4H3,(H2,21,24)(H,22,27)/t14-,15-/m0/s1. The van der Waals surface area contributed by atoms with Gasteiger partial charge in [-0.2, -0.15) is 0 Å². The molecule has 158 valence electrons. The minimum Gasteiger partial charge on any atom is -0.467 e. The number of carbonyl (C=O) groups excluding carboxylic acids is 4. The van der Waals surface area contributed by atoms with Gasteiger partial charge in [0.15, 0.2) is 0 Å². The third-order valence-corrected chi connectivity index (χ3v) is 4.40. The van der Waals surface area contributed by atoms with Gasteiger partial charge in [0.2, 0.25) is 11.8 Å². The van der Waals surface area contributed by atoms with Gasteiger partial charge in [-0.05, 0) is 31.9 Å². The lowest BCUT2D eigenvalue weighted by Gasteiger charge is -2.37. The molecular formula is C20H27N3O6. The maximum absolute atomic E-state index is 13.2. The quantitative estimate of drug-likeness (QED) is 0.700. The molecular weight excluding hydrogens is 378 g/mol. The second-order valence-corrected chi connectivity index (χ2v) is 7.85. The molecule has 3 N–H and O–H groups in total. The lowest BCUT2D eigenvalue weighted by Crippen LogP contribution is -2.57. The largest absolute Gasteiger partial charge is 0.467 e. The van der Waals surface area contributed by atoms with Crippen LogP contribution in [0.3, 0.4) is 0 Å². The van der Waals surface area contributed by atoms with Crippen LogP contribution in [-0.4, -0.2) is 53.6 Å². The van der Waals surface area contributed by atoms with E-state index in [1.807, 2.05) is 24.3 Å². The molecule has 29 heavy (non-hydrogen) atoms. The number of ether oxygens (including phenoxy) is 2. The van der Waals surface area contributed by atoms with Crippen LogP contribution in [-0.2, 0) is 36.8 Å². The van der Waals surface area contributed by atoms with Crippen molar-refractivity contribution in [2.75, 3.05) is 7.11 Å². The van der Waals surface area contributed by atoms with Gasteiger partial charge in [0.1, 0.15) is 17.7 Å². The van der Waals surface area contributed by atoms with Crippen LogP contribution in [0.15, 0.2) is 24.3 Å². The molecule has 1 aromatic rings. The molecule has 1 aromatic carbocycles. The van der Waals surface area contributed by atoms with Gasteiger partial charge in [-0.25, -0.2) is 9.59 Å². The van der Waals surface area contributed by atoms with E-state index in [0.29, 0.717) is 0 Å². The fourth-order valence-corrected chi connectivity index (χ4v) is 3.15. The fraction of sp³-hybridized carbons (Fsp3) is 0.500. The van der Waals surface area contributed by atoms with E-state index in [1.165, 1.54) is 12.0 Å². The molecule has 0 bridgehead atoms. The van der Waals surface area contributed by atoms with Gasteiger partial charge >= 0.3 is 12.1 Å². The molecule has 9 nitrogen and oxygen atoms in total. The highest BCUT2D eigenvalue weighted by atomic mass is 16.6. The van der Waals surface area contributed by atoms with Crippen molar-refractivity contribution >= 4 is 23.9 Å². The summed E-state index contributed by atoms with van der Waals surface area (Å²) >= 11 is 0. The zero-order chi connectivity index (χ0) is 21.8. The lowest BCUT2D eigenvalue weighted by atomic mass is 9.93. The second kappa shape index (κ2) is 8.93. The molecule has 0 unspecified atom stereocenters. The highest BCUT2D eigenvalue weighted by molar-refractivity contribution is 5.93. The number of carbonyl (C=O) groups is 4. The van der Waals surface area contributed by atoms with E-state index >= 15 is 0 Å². The average molecular weight is 405 g/mol. The van der Waals surface area contributed by atoms with Crippen LogP contribution in [0.2, 0.25) is 0 Å². The molecule has 2 rings (SSSR count). The number of rotatable bonds is 5. The molecule has 2 atom stereocenters. The Labute approximate surface area is 169 Å². The van der Waals surface area contributed by atoms with Crippen LogP contribution in [0.5, 0.6) is 0 Å². The molecule has 0 saturated carbocycles. The Morgan fingerprint density at radius 3 is 2.38 bits per heavy atom. The molecule has 0 aliphatic carbocycles. The molecule has 0 aromatic heterocycles. The van der Waals surface area contributed by atoms with Gasteiger partial charge in [-0.15, -0.1) is 0 Å². The van der Waals surface area contributed by atoms with Crippen molar-refractivity contribution in [3.05, 3.63) is 35.4 Å². The predicted octanol–water partition coefficient (Wildman–Crippen LogP) is 0.882. The van der Waals surface area contributed by atoms with Gasteiger partial charge in [-0.1, -0.05) is 24.3 Å². The molecule has 3 amide bonds. The number of fused-ring (bicyclic) bond motifs is 1. The smallest absolute Gasteiger partial charge is 0.408 e. The Bertz CT molecular complexity index is 802. The van der Waals surface area contributed by atoms with Gasteiger partial charge in [0.05, 0.1) is 13.5 Å². The normalized spacial score (nSPS) is 17.0. The third-order valence-electron chi connectivity index (χ3n) is 4.40. The van der Waals surface area contributed by atoms with E-state index in [2.05, 4.69) is 5.32 Å². The average Bonchev–Trinajstić information content (AvgIpc) is 2.63. The number of hydrogen-bond donors (Lipinski definition) is 2. The summed E-state index contributed by atoms with van der Waals surface area (Å²) in [7, 11) is 1.24. The first-order chi connectivity index (χ1) is 13.5. The number of amides is 3. The molecule has 1 aliphatic heterocycles. The fourth-order valence-electron chi connectivity index (χ4n) is 3.15. The van der Waals surface area contributed by atoms with Crippen LogP contribution >= 0.6 is 0 Å². The summed E-state index contributed by atoms with van der Waals surface area (Å²) in [5.74, 6) is -1.96. The van der Waals surface area contributed by atoms with Crippen molar-refractivity contribution in [1.29, 1.82) is 0 Å². The Balaban J connectivity index is 2.30. The molecule has 1 heterocycles. The number of nitrogens with zero attached hydrogens (tertiary/aromatic N) is 1. The Kier molecular flexibility index (Phi) is 6.84. The number of esters is 1. The maximum atomic E-state index is 13.2. The number of benzene rings is 1. The molecule has 1 aliphatic rings. The van der Waals surface area contributed by atoms with Gasteiger partial charge in [0.25, 0.3) is 0 Å². The summed E-state index contributed by atoms with van der Waals surface area (Å²) in [5, 5.41) is 2.40. The van der Waals surface area contributed by atoms with Crippen LogP contribution in [0, 0.1) is 0 Å². The number of methoxy groups -OCH3 is 1. The summed E-state index contributed by atoms with van der Waals surface area (Å²) in [6, 6.07) is 5.28. The second-order valence-electron chi connectivity index (χ2n) is 7.85. The topological polar surface area (TPSA) is 128 Å². The highest BCUT2D eigenvalue weighted by Gasteiger charge is 2.39. The van der Waals surface area contributed by atoms with E-state index in [-0.39, 0.29) is 13.0 Å². The van der Waals surface area contributed by atoms with Crippen molar-refractivity contribution in [3.63, 3.8) is 0 Å². The minimum atomic E-state index is -1.26. The van der Waals surface area contributed by atoms with E-state index in [1.54, 1.807) is 20.8 Å². The molecule has 9 heteroatoms. The van der Waals surface area contributed by atoms with E-state index in [9.17, 15) is 19.2 Å². The zero-order valence-electron chi connectivity index (χ0n) is 17.1. The maximum Gasteiger partial charge on any atom is 0.408 e.